The molecular formula is C30H33NO4S2. The van der Waals surface area contributed by atoms with Crippen molar-refractivity contribution in [3.05, 3.63) is 66.7 Å². The van der Waals surface area contributed by atoms with Crippen LogP contribution < -0.4 is 14.2 Å². The summed E-state index contributed by atoms with van der Waals surface area (Å²) in [5, 5.41) is 1.21. The molecule has 5 rings (SSSR count). The highest BCUT2D eigenvalue weighted by Crippen LogP contribution is 2.45. The molecule has 0 atom stereocenters. The molecule has 0 radical (unpaired) electrons. The second-order valence-electron chi connectivity index (χ2n) is 9.34. The molecule has 5 nitrogen and oxygen atoms in total. The lowest BCUT2D eigenvalue weighted by Crippen LogP contribution is -2.23. The highest BCUT2D eigenvalue weighted by Gasteiger charge is 2.18. The van der Waals surface area contributed by atoms with E-state index in [0.29, 0.717) is 11.5 Å². The lowest BCUT2D eigenvalue weighted by atomic mass is 10.1. The fourth-order valence-electron chi connectivity index (χ4n) is 4.42. The number of methoxy groups -OCH3 is 1. The van der Waals surface area contributed by atoms with Crippen molar-refractivity contribution in [2.24, 2.45) is 0 Å². The fourth-order valence-corrected chi connectivity index (χ4v) is 6.04. The molecule has 1 aliphatic heterocycles. The van der Waals surface area contributed by atoms with Gasteiger partial charge >= 0.3 is 0 Å². The minimum atomic E-state index is -0.00119. The Labute approximate surface area is 227 Å². The van der Waals surface area contributed by atoms with Gasteiger partial charge in [0.2, 0.25) is 0 Å². The van der Waals surface area contributed by atoms with Gasteiger partial charge in [-0.25, -0.2) is 0 Å². The molecule has 0 bridgehead atoms. The van der Waals surface area contributed by atoms with E-state index in [9.17, 15) is 0 Å². The third-order valence-corrected chi connectivity index (χ3v) is 8.11. The number of benzene rings is 3. The van der Waals surface area contributed by atoms with Gasteiger partial charge in [0.1, 0.15) is 11.5 Å². The highest BCUT2D eigenvalue weighted by atomic mass is 32.2. The van der Waals surface area contributed by atoms with Crippen LogP contribution in [0.5, 0.6) is 23.0 Å². The van der Waals surface area contributed by atoms with Crippen molar-refractivity contribution in [1.82, 2.24) is 4.90 Å². The summed E-state index contributed by atoms with van der Waals surface area (Å²) in [5.74, 6) is 2.81. The molecule has 37 heavy (non-hydrogen) atoms. The number of thiophene rings is 1. The monoisotopic (exact) mass is 535 g/mol. The van der Waals surface area contributed by atoms with Crippen LogP contribution in [0, 0.1) is 0 Å². The smallest absolute Gasteiger partial charge is 0.170 e. The predicted molar refractivity (Wildman–Crippen MR) is 154 cm³/mol. The molecule has 0 spiro atoms. The molecule has 1 saturated heterocycles. The van der Waals surface area contributed by atoms with E-state index in [2.05, 4.69) is 35.2 Å². The number of hydrogen-bond donors (Lipinski definition) is 0. The van der Waals surface area contributed by atoms with Crippen molar-refractivity contribution in [2.75, 3.05) is 33.4 Å². The van der Waals surface area contributed by atoms with Gasteiger partial charge in [0.25, 0.3) is 0 Å². The van der Waals surface area contributed by atoms with E-state index < -0.39 is 0 Å². The van der Waals surface area contributed by atoms with Gasteiger partial charge in [0.15, 0.2) is 11.5 Å². The minimum absolute atomic E-state index is 0.00119. The quantitative estimate of drug-likeness (QED) is 0.142. The number of rotatable bonds is 11. The molecule has 194 valence electrons. The summed E-state index contributed by atoms with van der Waals surface area (Å²) in [6, 6.07) is 22.5. The largest absolute Gasteiger partial charge is 0.496 e. The maximum absolute atomic E-state index is 6.36. The van der Waals surface area contributed by atoms with Crippen LogP contribution in [0.4, 0.5) is 0 Å². The Morgan fingerprint density at radius 2 is 1.70 bits per heavy atom. The van der Waals surface area contributed by atoms with Crippen molar-refractivity contribution >= 4 is 33.5 Å². The Kier molecular flexibility index (Phi) is 8.56. The average Bonchev–Trinajstić information content (AvgIpc) is 3.58. The number of likely N-dealkylation sites (tertiary alicyclic amines) is 1. The van der Waals surface area contributed by atoms with E-state index in [1.807, 2.05) is 50.2 Å². The molecule has 4 aromatic rings. The molecule has 3 aromatic carbocycles. The van der Waals surface area contributed by atoms with Crippen molar-refractivity contribution < 1.29 is 18.4 Å². The van der Waals surface area contributed by atoms with E-state index in [1.54, 1.807) is 18.4 Å². The molecule has 7 heteroatoms. The zero-order chi connectivity index (χ0) is 25.6. The summed E-state index contributed by atoms with van der Waals surface area (Å²) in [4.78, 5) is 4.63. The first-order valence-corrected chi connectivity index (χ1v) is 14.3. The second-order valence-corrected chi connectivity index (χ2v) is 11.3. The first kappa shape index (κ1) is 25.9. The Balaban J connectivity index is 1.34. The van der Waals surface area contributed by atoms with Gasteiger partial charge in [0, 0.05) is 44.7 Å². The zero-order valence-corrected chi connectivity index (χ0v) is 23.2. The SMILES string of the molecule is COc1cc(OC(C)C)c(Oc2ccc(SOCCN3CCCC3)cc2)cc1-c1cc2ccccc2s1. The van der Waals surface area contributed by atoms with Crippen LogP contribution in [0.3, 0.4) is 0 Å². The molecule has 0 amide bonds. The van der Waals surface area contributed by atoms with Crippen LogP contribution >= 0.6 is 23.4 Å². The number of hydrogen-bond acceptors (Lipinski definition) is 7. The van der Waals surface area contributed by atoms with Gasteiger partial charge in [-0.05, 0) is 87.6 Å². The number of fused-ring (bicyclic) bond motifs is 1. The van der Waals surface area contributed by atoms with E-state index in [-0.39, 0.29) is 6.10 Å². The second kappa shape index (κ2) is 12.2. The summed E-state index contributed by atoms with van der Waals surface area (Å²) >= 11 is 3.15. The summed E-state index contributed by atoms with van der Waals surface area (Å²) in [7, 11) is 1.69. The maximum atomic E-state index is 6.36. The lowest BCUT2D eigenvalue weighted by Gasteiger charge is -2.18. The fraction of sp³-hybridized carbons (Fsp3) is 0.333. The highest BCUT2D eigenvalue weighted by molar-refractivity contribution is 7.94. The molecule has 0 N–H and O–H groups in total. The summed E-state index contributed by atoms with van der Waals surface area (Å²) < 4.78 is 25.3. The van der Waals surface area contributed by atoms with E-state index in [0.717, 1.165) is 40.0 Å². The van der Waals surface area contributed by atoms with Crippen molar-refractivity contribution in [2.45, 2.75) is 37.7 Å². The van der Waals surface area contributed by atoms with Gasteiger partial charge in [-0.3, -0.25) is 0 Å². The Morgan fingerprint density at radius 1 is 0.919 bits per heavy atom. The average molecular weight is 536 g/mol. The van der Waals surface area contributed by atoms with Crippen LogP contribution in [-0.4, -0.2) is 44.4 Å². The normalized spacial score (nSPS) is 13.9. The van der Waals surface area contributed by atoms with Gasteiger partial charge in [-0.1, -0.05) is 18.2 Å². The van der Waals surface area contributed by atoms with Crippen LogP contribution in [-0.2, 0) is 4.18 Å². The molecular weight excluding hydrogens is 502 g/mol. The van der Waals surface area contributed by atoms with Gasteiger partial charge in [-0.15, -0.1) is 11.3 Å². The van der Waals surface area contributed by atoms with E-state index in [4.69, 9.17) is 18.4 Å². The third kappa shape index (κ3) is 6.60. The predicted octanol–water partition coefficient (Wildman–Crippen LogP) is 8.28. The van der Waals surface area contributed by atoms with Crippen molar-refractivity contribution in [1.29, 1.82) is 0 Å². The molecule has 1 fully saturated rings. The van der Waals surface area contributed by atoms with Gasteiger partial charge < -0.3 is 23.3 Å². The van der Waals surface area contributed by atoms with Crippen LogP contribution in [0.15, 0.2) is 71.6 Å². The van der Waals surface area contributed by atoms with Crippen LogP contribution in [0.1, 0.15) is 26.7 Å². The molecule has 2 heterocycles. The first-order chi connectivity index (χ1) is 18.1. The lowest BCUT2D eigenvalue weighted by molar-refractivity contribution is 0.232. The van der Waals surface area contributed by atoms with E-state index >= 15 is 0 Å². The zero-order valence-electron chi connectivity index (χ0n) is 21.6. The first-order valence-electron chi connectivity index (χ1n) is 12.8. The standard InChI is InChI=1S/C30H33NO4S2/c1-21(2)34-28-20-26(32-3)25(30-18-22-8-4-5-9-29(22)36-30)19-27(28)35-23-10-12-24(13-11-23)37-33-17-16-31-14-6-7-15-31/h4-5,8-13,18-21H,6-7,14-17H2,1-3H3. The Bertz CT molecular complexity index is 1280. The molecule has 0 saturated carbocycles. The maximum Gasteiger partial charge on any atom is 0.170 e. The third-order valence-electron chi connectivity index (χ3n) is 6.22. The summed E-state index contributed by atoms with van der Waals surface area (Å²) in [6.45, 7) is 8.12. The Hall–Kier alpha value is -2.71. The van der Waals surface area contributed by atoms with Crippen molar-refractivity contribution in [3.63, 3.8) is 0 Å². The van der Waals surface area contributed by atoms with Crippen LogP contribution in [0.25, 0.3) is 20.5 Å². The summed E-state index contributed by atoms with van der Waals surface area (Å²) in [5.41, 5.74) is 0.980. The van der Waals surface area contributed by atoms with Crippen LogP contribution in [0.2, 0.25) is 0 Å². The molecule has 1 aromatic heterocycles. The number of ether oxygens (including phenoxy) is 3. The topological polar surface area (TPSA) is 40.2 Å². The number of nitrogens with zero attached hydrogens (tertiary/aromatic N) is 1. The van der Waals surface area contributed by atoms with E-state index in [1.165, 1.54) is 48.1 Å². The molecule has 0 unspecified atom stereocenters. The Morgan fingerprint density at radius 3 is 2.43 bits per heavy atom. The summed E-state index contributed by atoms with van der Waals surface area (Å²) in [6.07, 6.45) is 2.61. The van der Waals surface area contributed by atoms with Gasteiger partial charge in [-0.2, -0.15) is 0 Å². The molecule has 0 aliphatic carbocycles. The minimum Gasteiger partial charge on any atom is -0.496 e. The van der Waals surface area contributed by atoms with Gasteiger partial charge in [0.05, 0.1) is 19.8 Å². The molecule has 1 aliphatic rings. The van der Waals surface area contributed by atoms with Crippen molar-refractivity contribution in [3.8, 4) is 33.4 Å².